The molecule has 1 unspecified atom stereocenters. The second kappa shape index (κ2) is 8.24. The fourth-order valence-corrected chi connectivity index (χ4v) is 3.06. The summed E-state index contributed by atoms with van der Waals surface area (Å²) in [5.74, 6) is -2.52. The highest BCUT2D eigenvalue weighted by Crippen LogP contribution is 2.44. The van der Waals surface area contributed by atoms with Crippen LogP contribution in [0.1, 0.15) is 38.0 Å². The molecule has 0 aromatic heterocycles. The fourth-order valence-electron chi connectivity index (χ4n) is 3.06. The average molecular weight is 414 g/mol. The number of hydrogen-bond acceptors (Lipinski definition) is 9. The molecule has 0 radical (unpaired) electrons. The van der Waals surface area contributed by atoms with Gasteiger partial charge in [0.05, 0.1) is 5.56 Å². The molecular formula is C21H18O9. The molecule has 1 heterocycles. The van der Waals surface area contributed by atoms with E-state index in [4.69, 9.17) is 18.9 Å². The van der Waals surface area contributed by atoms with Crippen molar-refractivity contribution in [2.45, 2.75) is 33.3 Å². The van der Waals surface area contributed by atoms with Crippen LogP contribution in [-0.2, 0) is 25.6 Å². The molecule has 0 saturated heterocycles. The lowest BCUT2D eigenvalue weighted by Crippen LogP contribution is -2.27. The van der Waals surface area contributed by atoms with E-state index in [1.54, 1.807) is 0 Å². The number of phenols is 1. The van der Waals surface area contributed by atoms with E-state index < -0.39 is 29.8 Å². The van der Waals surface area contributed by atoms with Gasteiger partial charge in [-0.05, 0) is 12.1 Å². The monoisotopic (exact) mass is 414 g/mol. The minimum Gasteiger partial charge on any atom is -0.507 e. The van der Waals surface area contributed by atoms with Crippen molar-refractivity contribution in [2.24, 2.45) is 0 Å². The van der Waals surface area contributed by atoms with Gasteiger partial charge in [-0.15, -0.1) is 0 Å². The first-order valence-electron chi connectivity index (χ1n) is 8.89. The summed E-state index contributed by atoms with van der Waals surface area (Å²) in [6, 6.07) is 6.92. The van der Waals surface area contributed by atoms with Gasteiger partial charge in [0, 0.05) is 44.9 Å². The quantitative estimate of drug-likeness (QED) is 0.593. The van der Waals surface area contributed by atoms with Crippen LogP contribution in [0.25, 0.3) is 0 Å². The van der Waals surface area contributed by atoms with E-state index in [-0.39, 0.29) is 46.3 Å². The van der Waals surface area contributed by atoms with Crippen molar-refractivity contribution in [2.75, 3.05) is 0 Å². The zero-order valence-electron chi connectivity index (χ0n) is 16.4. The molecule has 9 heteroatoms. The zero-order chi connectivity index (χ0) is 22.0. The van der Waals surface area contributed by atoms with Crippen LogP contribution in [0, 0.1) is 0 Å². The molecule has 9 nitrogen and oxygen atoms in total. The van der Waals surface area contributed by atoms with Crippen LogP contribution in [0.15, 0.2) is 30.3 Å². The number of carbonyl (C=O) groups excluding carboxylic acids is 4. The van der Waals surface area contributed by atoms with Crippen molar-refractivity contribution >= 4 is 23.7 Å². The van der Waals surface area contributed by atoms with Crippen molar-refractivity contribution < 1.29 is 43.2 Å². The van der Waals surface area contributed by atoms with Gasteiger partial charge in [-0.3, -0.25) is 19.2 Å². The molecule has 0 aliphatic carbocycles. The number of rotatable bonds is 4. The van der Waals surface area contributed by atoms with Gasteiger partial charge in [0.15, 0.2) is 11.9 Å². The predicted octanol–water partition coefficient (Wildman–Crippen LogP) is 2.41. The van der Waals surface area contributed by atoms with Crippen molar-refractivity contribution in [3.05, 3.63) is 41.5 Å². The highest BCUT2D eigenvalue weighted by molar-refractivity contribution is 5.91. The Labute approximate surface area is 171 Å². The molecule has 3 rings (SSSR count). The third kappa shape index (κ3) is 4.40. The molecule has 2 aromatic carbocycles. The van der Waals surface area contributed by atoms with E-state index in [1.165, 1.54) is 51.1 Å². The minimum atomic E-state index is -1.30. The first-order chi connectivity index (χ1) is 14.2. The number of ketones is 1. The molecule has 1 atom stereocenters. The second-order valence-electron chi connectivity index (χ2n) is 6.51. The number of benzene rings is 2. The molecule has 0 spiro atoms. The molecule has 2 aromatic rings. The lowest BCUT2D eigenvalue weighted by Gasteiger charge is -2.28. The Morgan fingerprint density at radius 1 is 0.967 bits per heavy atom. The van der Waals surface area contributed by atoms with E-state index in [1.807, 2.05) is 0 Å². The molecule has 0 saturated carbocycles. The second-order valence-corrected chi connectivity index (χ2v) is 6.51. The molecular weight excluding hydrogens is 396 g/mol. The van der Waals surface area contributed by atoms with Crippen LogP contribution >= 0.6 is 0 Å². The molecule has 30 heavy (non-hydrogen) atoms. The summed E-state index contributed by atoms with van der Waals surface area (Å²) in [5, 5.41) is 10.2. The summed E-state index contributed by atoms with van der Waals surface area (Å²) in [6.07, 6.45) is -1.51. The van der Waals surface area contributed by atoms with Gasteiger partial charge in [-0.1, -0.05) is 6.07 Å². The molecule has 0 bridgehead atoms. The molecule has 0 fully saturated rings. The third-order valence-electron chi connectivity index (χ3n) is 4.10. The van der Waals surface area contributed by atoms with Crippen molar-refractivity contribution in [1.29, 1.82) is 0 Å². The molecule has 1 aliphatic heterocycles. The highest BCUT2D eigenvalue weighted by Gasteiger charge is 2.36. The summed E-state index contributed by atoms with van der Waals surface area (Å²) in [4.78, 5) is 47.1. The summed E-state index contributed by atoms with van der Waals surface area (Å²) < 4.78 is 21.1. The lowest BCUT2D eigenvalue weighted by molar-refractivity contribution is -0.133. The largest absolute Gasteiger partial charge is 0.507 e. The lowest BCUT2D eigenvalue weighted by atomic mass is 9.94. The Morgan fingerprint density at radius 3 is 2.07 bits per heavy atom. The van der Waals surface area contributed by atoms with Crippen molar-refractivity contribution in [1.82, 2.24) is 0 Å². The first-order valence-corrected chi connectivity index (χ1v) is 8.89. The smallest absolute Gasteiger partial charge is 0.308 e. The van der Waals surface area contributed by atoms with Crippen LogP contribution in [0.5, 0.6) is 28.7 Å². The van der Waals surface area contributed by atoms with Gasteiger partial charge >= 0.3 is 17.9 Å². The first kappa shape index (κ1) is 20.8. The Bertz CT molecular complexity index is 1020. The standard InChI is InChI=1S/C21H18O9/c1-10(22)27-13-7-15(25)14-9-16(26)21(30-19(14)8-13)20-17(28-11(2)23)5-4-6-18(20)29-12(3)24/h4-8,21,25H,9H2,1-3H3. The van der Waals surface area contributed by atoms with Gasteiger partial charge in [-0.25, -0.2) is 0 Å². The van der Waals surface area contributed by atoms with E-state index in [0.717, 1.165) is 0 Å². The number of Topliss-reactive ketones (excluding diaryl/α,β-unsaturated/α-hetero) is 1. The number of carbonyl (C=O) groups is 4. The normalized spacial score (nSPS) is 14.9. The summed E-state index contributed by atoms with van der Waals surface area (Å²) in [6.45, 7) is 3.57. The number of aromatic hydroxyl groups is 1. The maximum atomic E-state index is 12.8. The van der Waals surface area contributed by atoms with Gasteiger partial charge in [0.25, 0.3) is 0 Å². The number of ether oxygens (including phenoxy) is 4. The van der Waals surface area contributed by atoms with Gasteiger partial charge in [0.2, 0.25) is 0 Å². The maximum Gasteiger partial charge on any atom is 0.308 e. The van der Waals surface area contributed by atoms with E-state index in [0.29, 0.717) is 0 Å². The van der Waals surface area contributed by atoms with E-state index in [2.05, 4.69) is 0 Å². The topological polar surface area (TPSA) is 125 Å². The number of fused-ring (bicyclic) bond motifs is 1. The van der Waals surface area contributed by atoms with Gasteiger partial charge in [0.1, 0.15) is 28.7 Å². The Morgan fingerprint density at radius 2 is 1.53 bits per heavy atom. The molecule has 1 N–H and O–H groups in total. The minimum absolute atomic E-state index is 0.0107. The average Bonchev–Trinajstić information content (AvgIpc) is 2.61. The van der Waals surface area contributed by atoms with Crippen LogP contribution < -0.4 is 18.9 Å². The predicted molar refractivity (Wildman–Crippen MR) is 101 cm³/mol. The summed E-state index contributed by atoms with van der Waals surface area (Å²) in [7, 11) is 0. The summed E-state index contributed by atoms with van der Waals surface area (Å²) >= 11 is 0. The van der Waals surface area contributed by atoms with Crippen LogP contribution in [0.3, 0.4) is 0 Å². The zero-order valence-corrected chi connectivity index (χ0v) is 16.4. The van der Waals surface area contributed by atoms with Gasteiger partial charge in [-0.2, -0.15) is 0 Å². The van der Waals surface area contributed by atoms with E-state index in [9.17, 15) is 24.3 Å². The number of hydrogen-bond donors (Lipinski definition) is 1. The molecule has 0 amide bonds. The fraction of sp³-hybridized carbons (Fsp3) is 0.238. The Balaban J connectivity index is 2.10. The molecule has 1 aliphatic rings. The van der Waals surface area contributed by atoms with Crippen molar-refractivity contribution in [3.63, 3.8) is 0 Å². The van der Waals surface area contributed by atoms with Gasteiger partial charge < -0.3 is 24.1 Å². The number of phenolic OH excluding ortho intramolecular Hbond substituents is 1. The van der Waals surface area contributed by atoms with Crippen molar-refractivity contribution in [3.8, 4) is 28.7 Å². The SMILES string of the molecule is CC(=O)Oc1cc(O)c2c(c1)OC(c1c(OC(C)=O)cccc1OC(C)=O)C(=O)C2. The Hall–Kier alpha value is -3.88. The third-order valence-corrected chi connectivity index (χ3v) is 4.10. The van der Waals surface area contributed by atoms with E-state index >= 15 is 0 Å². The van der Waals surface area contributed by atoms with Crippen LogP contribution in [0.2, 0.25) is 0 Å². The van der Waals surface area contributed by atoms with Crippen LogP contribution in [0.4, 0.5) is 0 Å². The number of esters is 3. The Kier molecular flexibility index (Phi) is 5.72. The molecule has 156 valence electrons. The van der Waals surface area contributed by atoms with Crippen LogP contribution in [-0.4, -0.2) is 28.8 Å². The summed E-state index contributed by atoms with van der Waals surface area (Å²) in [5.41, 5.74) is 0.266. The maximum absolute atomic E-state index is 12.8. The highest BCUT2D eigenvalue weighted by atomic mass is 16.6.